The van der Waals surface area contributed by atoms with Crippen LogP contribution in [0.3, 0.4) is 0 Å². The van der Waals surface area contributed by atoms with Crippen molar-refractivity contribution in [3.63, 3.8) is 0 Å². The van der Waals surface area contributed by atoms with Crippen LogP contribution in [-0.2, 0) is 4.79 Å². The van der Waals surface area contributed by atoms with Crippen LogP contribution in [0.5, 0.6) is 5.75 Å². The van der Waals surface area contributed by atoms with E-state index in [4.69, 9.17) is 0 Å². The second-order valence-corrected chi connectivity index (χ2v) is 9.16. The molecule has 11 heteroatoms. The monoisotopic (exact) mass is 486 g/mol. The first-order chi connectivity index (χ1) is 16.7. The third kappa shape index (κ3) is 3.21. The molecule has 1 saturated heterocycles. The summed E-state index contributed by atoms with van der Waals surface area (Å²) < 4.78 is 48.3. The number of imidazole rings is 1. The number of ether oxygens (including phenoxy) is 1. The Labute approximate surface area is 197 Å². The van der Waals surface area contributed by atoms with E-state index in [1.807, 2.05) is 28.8 Å². The van der Waals surface area contributed by atoms with E-state index in [9.17, 15) is 23.5 Å². The minimum Gasteiger partial charge on any atom is -0.432 e. The summed E-state index contributed by atoms with van der Waals surface area (Å²) in [4.78, 5) is 31.6. The molecule has 0 saturated carbocycles. The van der Waals surface area contributed by atoms with Gasteiger partial charge in [0.2, 0.25) is 0 Å². The number of hydrogen-bond donors (Lipinski definition) is 2. The highest BCUT2D eigenvalue weighted by molar-refractivity contribution is 6.00. The van der Waals surface area contributed by atoms with Crippen LogP contribution < -0.4 is 15.0 Å². The number of para-hydroxylation sites is 2. The van der Waals surface area contributed by atoms with Crippen LogP contribution in [-0.4, -0.2) is 52.2 Å². The highest BCUT2D eigenvalue weighted by atomic mass is 19.3. The van der Waals surface area contributed by atoms with Gasteiger partial charge in [0.25, 0.3) is 5.91 Å². The Balaban J connectivity index is 1.54. The Hall–Kier alpha value is -3.60. The molecule has 1 fully saturated rings. The van der Waals surface area contributed by atoms with Crippen LogP contribution in [0, 0.1) is 11.7 Å². The van der Waals surface area contributed by atoms with E-state index >= 15 is 4.39 Å². The zero-order valence-corrected chi connectivity index (χ0v) is 18.5. The number of anilines is 1. The number of nitrogens with zero attached hydrogens (tertiary/aromatic N) is 3. The minimum atomic E-state index is -3.29. The molecule has 6 rings (SSSR count). The predicted molar refractivity (Wildman–Crippen MR) is 118 cm³/mol. The summed E-state index contributed by atoms with van der Waals surface area (Å²) in [5.74, 6) is -2.57. The lowest BCUT2D eigenvalue weighted by molar-refractivity contribution is -0.131. The second kappa shape index (κ2) is 7.70. The molecule has 3 aliphatic rings. The number of hydrogen-bond acceptors (Lipinski definition) is 6. The molecule has 0 spiro atoms. The molecule has 2 aromatic carbocycles. The smallest absolute Gasteiger partial charge is 0.387 e. The van der Waals surface area contributed by atoms with Crippen LogP contribution in [0.2, 0.25) is 0 Å². The number of fused-ring (bicyclic) bond motifs is 9. The number of Topliss-reactive ketones (excluding diaryl/α,β-unsaturated/α-hetero) is 1. The zero-order chi connectivity index (χ0) is 24.6. The van der Waals surface area contributed by atoms with Gasteiger partial charge in [0, 0.05) is 18.7 Å². The number of aromatic nitrogens is 2. The number of amides is 1. The summed E-state index contributed by atoms with van der Waals surface area (Å²) in [6.07, 6.45) is -0.754. The number of carbonyl (C=O) groups is 2. The van der Waals surface area contributed by atoms with Crippen molar-refractivity contribution in [3.05, 3.63) is 53.1 Å². The van der Waals surface area contributed by atoms with Crippen molar-refractivity contribution in [1.29, 1.82) is 0 Å². The van der Waals surface area contributed by atoms with Crippen molar-refractivity contribution in [2.45, 2.75) is 38.1 Å². The molecule has 3 atom stereocenters. The van der Waals surface area contributed by atoms with Gasteiger partial charge < -0.3 is 24.6 Å². The predicted octanol–water partition coefficient (Wildman–Crippen LogP) is 2.94. The maximum Gasteiger partial charge on any atom is 0.387 e. The summed E-state index contributed by atoms with van der Waals surface area (Å²) in [7, 11) is 0. The van der Waals surface area contributed by atoms with Crippen LogP contribution in [0.15, 0.2) is 30.3 Å². The van der Waals surface area contributed by atoms with E-state index in [1.165, 1.54) is 6.92 Å². The number of rotatable bonds is 5. The van der Waals surface area contributed by atoms with E-state index in [0.29, 0.717) is 17.8 Å². The fourth-order valence-electron chi connectivity index (χ4n) is 5.51. The fourth-order valence-corrected chi connectivity index (χ4v) is 5.51. The van der Waals surface area contributed by atoms with Crippen molar-refractivity contribution < 1.29 is 32.6 Å². The summed E-state index contributed by atoms with van der Waals surface area (Å²) in [5.41, 5.74) is 1.87. The molecule has 4 heterocycles. The van der Waals surface area contributed by atoms with Crippen molar-refractivity contribution in [2.75, 3.05) is 18.0 Å². The Morgan fingerprint density at radius 1 is 1.29 bits per heavy atom. The van der Waals surface area contributed by atoms with E-state index in [0.717, 1.165) is 17.1 Å². The van der Waals surface area contributed by atoms with E-state index in [2.05, 4.69) is 15.0 Å². The average molecular weight is 486 g/mol. The Morgan fingerprint density at radius 2 is 2.03 bits per heavy atom. The number of alkyl halides is 2. The van der Waals surface area contributed by atoms with Crippen LogP contribution in [0.4, 0.5) is 18.9 Å². The van der Waals surface area contributed by atoms with Crippen molar-refractivity contribution in [3.8, 4) is 5.75 Å². The molecule has 2 bridgehead atoms. The van der Waals surface area contributed by atoms with Crippen LogP contribution in [0.25, 0.3) is 11.0 Å². The largest absolute Gasteiger partial charge is 0.432 e. The summed E-state index contributed by atoms with van der Waals surface area (Å²) in [6.45, 7) is -1.75. The van der Waals surface area contributed by atoms with Gasteiger partial charge in [-0.2, -0.15) is 8.78 Å². The first-order valence-electron chi connectivity index (χ1n) is 11.3. The molecule has 2 N–H and O–H groups in total. The van der Waals surface area contributed by atoms with Gasteiger partial charge in [-0.1, -0.05) is 12.1 Å². The molecule has 1 aromatic heterocycles. The number of aliphatic hydroxyl groups is 1. The van der Waals surface area contributed by atoms with Gasteiger partial charge in [-0.3, -0.25) is 9.59 Å². The number of halogens is 3. The molecule has 3 aliphatic heterocycles. The van der Waals surface area contributed by atoms with Crippen molar-refractivity contribution in [2.24, 2.45) is 5.92 Å². The van der Waals surface area contributed by atoms with E-state index in [1.54, 1.807) is 4.90 Å². The van der Waals surface area contributed by atoms with Crippen molar-refractivity contribution >= 4 is 28.4 Å². The van der Waals surface area contributed by atoms with E-state index in [-0.39, 0.29) is 30.1 Å². The van der Waals surface area contributed by atoms with Crippen LogP contribution in [0.1, 0.15) is 47.2 Å². The van der Waals surface area contributed by atoms with Gasteiger partial charge >= 0.3 is 6.61 Å². The Morgan fingerprint density at radius 3 is 2.74 bits per heavy atom. The molecular weight excluding hydrogens is 465 g/mol. The van der Waals surface area contributed by atoms with Gasteiger partial charge in [0.15, 0.2) is 17.3 Å². The summed E-state index contributed by atoms with van der Waals surface area (Å²) in [5, 5.41) is 12.5. The first-order valence-corrected chi connectivity index (χ1v) is 11.3. The number of carbonyl (C=O) groups excluding carboxylic acids is 2. The van der Waals surface area contributed by atoms with Crippen molar-refractivity contribution in [1.82, 2.24) is 14.9 Å². The van der Waals surface area contributed by atoms with Gasteiger partial charge in [0.05, 0.1) is 40.3 Å². The number of aliphatic hydroxyl groups excluding tert-OH is 1. The third-order valence-electron chi connectivity index (χ3n) is 7.06. The molecule has 1 unspecified atom stereocenters. The van der Waals surface area contributed by atoms with Crippen LogP contribution >= 0.6 is 0 Å². The van der Waals surface area contributed by atoms with Gasteiger partial charge in [-0.25, -0.2) is 9.37 Å². The number of nitrogens with one attached hydrogen (secondary N) is 1. The average Bonchev–Trinajstić information content (AvgIpc) is 3.27. The Kier molecular flexibility index (Phi) is 4.82. The maximum atomic E-state index is 15.8. The van der Waals surface area contributed by atoms with Gasteiger partial charge in [0.1, 0.15) is 11.9 Å². The topological polar surface area (TPSA) is 96.7 Å². The summed E-state index contributed by atoms with van der Waals surface area (Å²) in [6, 6.07) is 7.52. The fraction of sp³-hybridized carbons (Fsp3) is 0.375. The highest BCUT2D eigenvalue weighted by Gasteiger charge is 2.46. The molecule has 0 radical (unpaired) electrons. The van der Waals surface area contributed by atoms with Gasteiger partial charge in [-0.15, -0.1) is 0 Å². The third-order valence-corrected chi connectivity index (χ3v) is 7.06. The molecule has 1 amide bonds. The lowest BCUT2D eigenvalue weighted by Gasteiger charge is -2.42. The zero-order valence-electron chi connectivity index (χ0n) is 18.5. The van der Waals surface area contributed by atoms with E-state index < -0.39 is 48.2 Å². The lowest BCUT2D eigenvalue weighted by Crippen LogP contribution is -2.53. The highest BCUT2D eigenvalue weighted by Crippen LogP contribution is 2.50. The van der Waals surface area contributed by atoms with Gasteiger partial charge in [-0.05, 0) is 31.5 Å². The standard InChI is InChI=1S/C24H21F3N4O4/c1-10(32)21(33)11-8-30(9-11)20-18-12(6-17(19(20)25)35-24(26)27)23(34)29-14-7-16(18)31-15-5-3-2-4-13(15)28-22(14)31/h2-6,10-11,14,16,24,32H,7-9H2,1H3,(H,29,34)/t10?,14-,16-/m1/s1. The molecular formula is C24H21F3N4O4. The summed E-state index contributed by atoms with van der Waals surface area (Å²) >= 11 is 0. The first kappa shape index (κ1) is 21.9. The quantitative estimate of drug-likeness (QED) is 0.576. The molecule has 0 aliphatic carbocycles. The SMILES string of the molecule is CC(O)C(=O)C1CN(c2c(F)c(OC(F)F)cc3c2[C@H]2C[C@@H](NC3=O)c3nc4ccccc4n32)C1. The number of ketones is 1. The number of benzene rings is 2. The molecule has 3 aromatic rings. The Bertz CT molecular complexity index is 1380. The minimum absolute atomic E-state index is 0.0401. The molecule has 182 valence electrons. The maximum absolute atomic E-state index is 15.8. The second-order valence-electron chi connectivity index (χ2n) is 9.16. The normalized spacial score (nSPS) is 21.9. The lowest BCUT2D eigenvalue weighted by atomic mass is 9.88. The molecule has 35 heavy (non-hydrogen) atoms. The molecule has 8 nitrogen and oxygen atoms in total.